The van der Waals surface area contributed by atoms with Crippen molar-refractivity contribution in [3.63, 3.8) is 0 Å². The van der Waals surface area contributed by atoms with Crippen molar-refractivity contribution in [3.05, 3.63) is 66.1 Å². The number of imidazole rings is 1. The van der Waals surface area contributed by atoms with Gasteiger partial charge < -0.3 is 4.57 Å². The molecule has 0 radical (unpaired) electrons. The molecule has 2 heteroatoms. The number of benzene rings is 2. The maximum absolute atomic E-state index is 4.57. The van der Waals surface area contributed by atoms with Crippen LogP contribution in [0.3, 0.4) is 0 Å². The van der Waals surface area contributed by atoms with E-state index in [1.165, 1.54) is 34.4 Å². The molecule has 2 aromatic carbocycles. The van der Waals surface area contributed by atoms with E-state index in [1.807, 2.05) is 6.20 Å². The van der Waals surface area contributed by atoms with Gasteiger partial charge in [0.05, 0.1) is 11.9 Å². The van der Waals surface area contributed by atoms with Crippen LogP contribution in [0.25, 0.3) is 22.4 Å². The second kappa shape index (κ2) is 7.26. The molecule has 0 aliphatic carbocycles. The van der Waals surface area contributed by atoms with Gasteiger partial charge in [0.1, 0.15) is 5.82 Å². The third kappa shape index (κ3) is 3.53. The summed E-state index contributed by atoms with van der Waals surface area (Å²) in [6.45, 7) is 8.88. The zero-order valence-corrected chi connectivity index (χ0v) is 16.0. The van der Waals surface area contributed by atoms with Gasteiger partial charge in [-0.3, -0.25) is 0 Å². The lowest BCUT2D eigenvalue weighted by Gasteiger charge is -2.11. The predicted octanol–water partition coefficient (Wildman–Crippen LogP) is 6.39. The summed E-state index contributed by atoms with van der Waals surface area (Å²) in [5.74, 6) is 2.18. The Bertz CT molecular complexity index is 824. The maximum atomic E-state index is 4.57. The van der Waals surface area contributed by atoms with Gasteiger partial charge in [-0.2, -0.15) is 0 Å². The van der Waals surface area contributed by atoms with Crippen LogP contribution in [-0.4, -0.2) is 9.55 Å². The third-order valence-electron chi connectivity index (χ3n) is 5.15. The van der Waals surface area contributed by atoms with Crippen LogP contribution in [0.5, 0.6) is 0 Å². The summed E-state index contributed by atoms with van der Waals surface area (Å²) in [4.78, 5) is 4.57. The highest BCUT2D eigenvalue weighted by Gasteiger charge is 2.11. The number of nitrogens with zero attached hydrogens (tertiary/aromatic N) is 2. The van der Waals surface area contributed by atoms with Gasteiger partial charge in [-0.05, 0) is 34.6 Å². The molecular weight excluding hydrogens is 304 g/mol. The molecular formula is C23H28N2. The van der Waals surface area contributed by atoms with Crippen LogP contribution in [0.1, 0.15) is 57.3 Å². The van der Waals surface area contributed by atoms with Gasteiger partial charge in [0.15, 0.2) is 0 Å². The van der Waals surface area contributed by atoms with Crippen molar-refractivity contribution in [3.8, 4) is 22.4 Å². The Labute approximate surface area is 151 Å². The lowest BCUT2D eigenvalue weighted by Crippen LogP contribution is -2.01. The van der Waals surface area contributed by atoms with Crippen molar-refractivity contribution in [1.82, 2.24) is 9.55 Å². The van der Waals surface area contributed by atoms with Crippen LogP contribution in [0.15, 0.2) is 54.7 Å². The van der Waals surface area contributed by atoms with E-state index >= 15 is 0 Å². The fraction of sp³-hybridized carbons (Fsp3) is 0.348. The van der Waals surface area contributed by atoms with E-state index in [0.29, 0.717) is 11.8 Å². The molecule has 3 rings (SSSR count). The molecule has 130 valence electrons. The molecule has 0 spiro atoms. The van der Waals surface area contributed by atoms with Crippen LogP contribution in [-0.2, 0) is 7.05 Å². The van der Waals surface area contributed by atoms with Crippen molar-refractivity contribution >= 4 is 0 Å². The van der Waals surface area contributed by atoms with Crippen molar-refractivity contribution < 1.29 is 0 Å². The van der Waals surface area contributed by atoms with Crippen molar-refractivity contribution in [2.45, 2.75) is 46.0 Å². The Kier molecular flexibility index (Phi) is 5.08. The van der Waals surface area contributed by atoms with Crippen LogP contribution in [0.2, 0.25) is 0 Å². The molecule has 0 amide bonds. The molecule has 0 bridgehead atoms. The first-order valence-corrected chi connectivity index (χ1v) is 9.23. The molecule has 1 aromatic heterocycles. The summed E-state index contributed by atoms with van der Waals surface area (Å²) in [6.07, 6.45) is 3.16. The van der Waals surface area contributed by atoms with Gasteiger partial charge in [0.2, 0.25) is 0 Å². The molecule has 0 saturated heterocycles. The van der Waals surface area contributed by atoms with Crippen LogP contribution in [0, 0.1) is 0 Å². The van der Waals surface area contributed by atoms with Gasteiger partial charge >= 0.3 is 0 Å². The average Bonchev–Trinajstić information content (AvgIpc) is 3.03. The molecule has 1 atom stereocenters. The van der Waals surface area contributed by atoms with Gasteiger partial charge in [-0.15, -0.1) is 0 Å². The molecule has 1 unspecified atom stereocenters. The van der Waals surface area contributed by atoms with E-state index in [2.05, 4.69) is 92.8 Å². The molecule has 2 nitrogen and oxygen atoms in total. The second-order valence-corrected chi connectivity index (χ2v) is 7.22. The van der Waals surface area contributed by atoms with Crippen LogP contribution in [0.4, 0.5) is 0 Å². The standard InChI is InChI=1S/C23H28N2/c1-6-17(4)18-7-9-19(10-8-18)20-11-13-21(14-12-20)22-15-24-23(16(2)3)25(22)5/h7-17H,6H2,1-5H3. The Morgan fingerprint density at radius 2 is 1.36 bits per heavy atom. The fourth-order valence-electron chi connectivity index (χ4n) is 3.30. The Morgan fingerprint density at radius 3 is 1.84 bits per heavy atom. The fourth-order valence-corrected chi connectivity index (χ4v) is 3.30. The molecule has 0 fully saturated rings. The minimum absolute atomic E-state index is 0.432. The van der Waals surface area contributed by atoms with Gasteiger partial charge in [0, 0.05) is 13.0 Å². The zero-order chi connectivity index (χ0) is 18.0. The molecule has 0 N–H and O–H groups in total. The first-order valence-electron chi connectivity index (χ1n) is 9.23. The first-order chi connectivity index (χ1) is 12.0. The van der Waals surface area contributed by atoms with E-state index < -0.39 is 0 Å². The van der Waals surface area contributed by atoms with Crippen LogP contribution >= 0.6 is 0 Å². The highest BCUT2D eigenvalue weighted by molar-refractivity contribution is 5.69. The van der Waals surface area contributed by atoms with E-state index in [0.717, 1.165) is 5.82 Å². The minimum Gasteiger partial charge on any atom is -0.331 e. The van der Waals surface area contributed by atoms with Gasteiger partial charge in [-0.1, -0.05) is 76.2 Å². The SMILES string of the molecule is CCC(C)c1ccc(-c2ccc(-c3cnc(C(C)C)n3C)cc2)cc1. The van der Waals surface area contributed by atoms with E-state index in [9.17, 15) is 0 Å². The van der Waals surface area contributed by atoms with Crippen LogP contribution < -0.4 is 0 Å². The van der Waals surface area contributed by atoms with Crippen molar-refractivity contribution in [2.24, 2.45) is 7.05 Å². The largest absolute Gasteiger partial charge is 0.331 e. The third-order valence-corrected chi connectivity index (χ3v) is 5.15. The average molecular weight is 332 g/mol. The normalized spacial score (nSPS) is 12.6. The second-order valence-electron chi connectivity index (χ2n) is 7.22. The highest BCUT2D eigenvalue weighted by Crippen LogP contribution is 2.28. The molecule has 1 heterocycles. The van der Waals surface area contributed by atoms with Gasteiger partial charge in [-0.25, -0.2) is 4.98 Å². The van der Waals surface area contributed by atoms with Gasteiger partial charge in [0.25, 0.3) is 0 Å². The molecule has 0 aliphatic rings. The summed E-state index contributed by atoms with van der Waals surface area (Å²) < 4.78 is 2.20. The monoisotopic (exact) mass is 332 g/mol. The Morgan fingerprint density at radius 1 is 0.840 bits per heavy atom. The van der Waals surface area contributed by atoms with Crippen molar-refractivity contribution in [1.29, 1.82) is 0 Å². The highest BCUT2D eigenvalue weighted by atomic mass is 15.1. The first kappa shape index (κ1) is 17.5. The topological polar surface area (TPSA) is 17.8 Å². The Balaban J connectivity index is 1.85. The smallest absolute Gasteiger partial charge is 0.111 e. The van der Waals surface area contributed by atoms with E-state index in [1.54, 1.807) is 0 Å². The summed E-state index contributed by atoms with van der Waals surface area (Å²) in [5, 5.41) is 0. The van der Waals surface area contributed by atoms with Crippen molar-refractivity contribution in [2.75, 3.05) is 0 Å². The number of hydrogen-bond acceptors (Lipinski definition) is 1. The molecule has 25 heavy (non-hydrogen) atoms. The number of rotatable bonds is 5. The number of aromatic nitrogens is 2. The molecule has 0 aliphatic heterocycles. The van der Waals surface area contributed by atoms with E-state index in [-0.39, 0.29) is 0 Å². The molecule has 3 aromatic rings. The summed E-state index contributed by atoms with van der Waals surface area (Å²) in [7, 11) is 2.10. The minimum atomic E-state index is 0.432. The summed E-state index contributed by atoms with van der Waals surface area (Å²) >= 11 is 0. The number of hydrogen-bond donors (Lipinski definition) is 0. The lowest BCUT2D eigenvalue weighted by atomic mass is 9.95. The molecule has 0 saturated carbocycles. The Hall–Kier alpha value is -2.35. The summed E-state index contributed by atoms with van der Waals surface area (Å²) in [6, 6.07) is 17.8. The predicted molar refractivity (Wildman–Crippen MR) is 107 cm³/mol. The maximum Gasteiger partial charge on any atom is 0.111 e. The zero-order valence-electron chi connectivity index (χ0n) is 16.0. The lowest BCUT2D eigenvalue weighted by molar-refractivity contribution is 0.714. The van der Waals surface area contributed by atoms with E-state index in [4.69, 9.17) is 0 Å². The quantitative estimate of drug-likeness (QED) is 0.529. The summed E-state index contributed by atoms with van der Waals surface area (Å²) in [5.41, 5.74) is 6.32.